The molecule has 1 aliphatic heterocycles. The largest absolute Gasteiger partial charge is 0.349 e. The summed E-state index contributed by atoms with van der Waals surface area (Å²) >= 11 is 0. The number of amides is 3. The van der Waals surface area contributed by atoms with Gasteiger partial charge in [-0.1, -0.05) is 0 Å². The Balaban J connectivity index is 1.59. The second-order valence-electron chi connectivity index (χ2n) is 6.71. The molecule has 0 radical (unpaired) electrons. The monoisotopic (exact) mass is 359 g/mol. The van der Waals surface area contributed by atoms with E-state index in [4.69, 9.17) is 0 Å². The first kappa shape index (κ1) is 18.0. The molecule has 1 N–H and O–H groups in total. The lowest BCUT2D eigenvalue weighted by molar-refractivity contribution is -0.122. The zero-order valence-electron chi connectivity index (χ0n) is 15.5. The Kier molecular flexibility index (Phi) is 5.24. The van der Waals surface area contributed by atoms with Crippen LogP contribution in [-0.2, 0) is 31.0 Å². The van der Waals surface area contributed by atoms with Crippen LogP contribution in [0.4, 0.5) is 4.79 Å². The molecule has 0 saturated carbocycles. The molecule has 0 atom stereocenters. The molecule has 140 valence electrons. The number of rotatable bonds is 4. The van der Waals surface area contributed by atoms with E-state index in [1.54, 1.807) is 29.9 Å². The molecule has 0 spiro atoms. The number of aryl methyl sites for hydroxylation is 2. The maximum atomic E-state index is 12.2. The summed E-state index contributed by atoms with van der Waals surface area (Å²) in [7, 11) is 3.51. The average molecular weight is 359 g/mol. The van der Waals surface area contributed by atoms with Crippen LogP contribution in [0.2, 0.25) is 0 Å². The second-order valence-corrected chi connectivity index (χ2v) is 6.71. The number of hydrogen-bond donors (Lipinski definition) is 1. The third-order valence-corrected chi connectivity index (χ3v) is 4.41. The molecule has 3 rings (SSSR count). The normalized spacial score (nSPS) is 13.9. The average Bonchev–Trinajstić information content (AvgIpc) is 3.12. The van der Waals surface area contributed by atoms with Gasteiger partial charge in [0.05, 0.1) is 24.5 Å². The van der Waals surface area contributed by atoms with Crippen LogP contribution >= 0.6 is 0 Å². The van der Waals surface area contributed by atoms with Gasteiger partial charge in [-0.05, 0) is 25.5 Å². The van der Waals surface area contributed by atoms with Gasteiger partial charge in [0.15, 0.2) is 0 Å². The van der Waals surface area contributed by atoms with Gasteiger partial charge in [0.25, 0.3) is 0 Å². The van der Waals surface area contributed by atoms with Crippen molar-refractivity contribution >= 4 is 11.9 Å². The van der Waals surface area contributed by atoms with E-state index < -0.39 is 0 Å². The van der Waals surface area contributed by atoms with Crippen molar-refractivity contribution in [3.05, 3.63) is 35.4 Å². The first-order chi connectivity index (χ1) is 12.4. The van der Waals surface area contributed by atoms with Crippen molar-refractivity contribution in [3.8, 4) is 0 Å². The smallest absolute Gasteiger partial charge is 0.319 e. The summed E-state index contributed by atoms with van der Waals surface area (Å²) in [6, 6.07) is 3.82. The number of carbonyl (C=O) groups is 2. The molecule has 0 fully saturated rings. The predicted octanol–water partition coefficient (Wildman–Crippen LogP) is 0.592. The summed E-state index contributed by atoms with van der Waals surface area (Å²) in [5.41, 5.74) is 2.73. The number of carbonyl (C=O) groups excluding carboxylic acids is 2. The fourth-order valence-electron chi connectivity index (χ4n) is 3.00. The minimum atomic E-state index is -0.107. The van der Waals surface area contributed by atoms with Gasteiger partial charge in [-0.25, -0.2) is 4.79 Å². The van der Waals surface area contributed by atoms with E-state index in [2.05, 4.69) is 15.5 Å². The highest BCUT2D eigenvalue weighted by atomic mass is 16.2. The fraction of sp³-hybridized carbons (Fsp3) is 0.529. The van der Waals surface area contributed by atoms with Crippen molar-refractivity contribution < 1.29 is 9.59 Å². The fourth-order valence-corrected chi connectivity index (χ4v) is 3.00. The van der Waals surface area contributed by atoms with Crippen molar-refractivity contribution in [2.75, 3.05) is 20.6 Å². The molecule has 26 heavy (non-hydrogen) atoms. The van der Waals surface area contributed by atoms with Gasteiger partial charge in [-0.2, -0.15) is 10.2 Å². The second kappa shape index (κ2) is 7.59. The predicted molar refractivity (Wildman–Crippen MR) is 95.1 cm³/mol. The highest BCUT2D eigenvalue weighted by molar-refractivity contribution is 5.75. The van der Waals surface area contributed by atoms with Gasteiger partial charge < -0.3 is 15.1 Å². The molecule has 9 nitrogen and oxygen atoms in total. The Labute approximate surface area is 152 Å². The Morgan fingerprint density at radius 3 is 2.81 bits per heavy atom. The quantitative estimate of drug-likeness (QED) is 0.865. The van der Waals surface area contributed by atoms with Gasteiger partial charge in [0.1, 0.15) is 6.54 Å². The Morgan fingerprint density at radius 2 is 2.12 bits per heavy atom. The van der Waals surface area contributed by atoms with Gasteiger partial charge in [-0.15, -0.1) is 0 Å². The topological polar surface area (TPSA) is 88.3 Å². The van der Waals surface area contributed by atoms with E-state index in [-0.39, 0.29) is 18.5 Å². The maximum Gasteiger partial charge on any atom is 0.319 e. The molecule has 0 aliphatic carbocycles. The van der Waals surface area contributed by atoms with Crippen LogP contribution in [0.3, 0.4) is 0 Å². The summed E-state index contributed by atoms with van der Waals surface area (Å²) in [5, 5.41) is 11.5. The van der Waals surface area contributed by atoms with Crippen LogP contribution in [-0.4, -0.2) is 61.9 Å². The van der Waals surface area contributed by atoms with E-state index >= 15 is 0 Å². The molecule has 3 amide bonds. The third kappa shape index (κ3) is 4.04. The van der Waals surface area contributed by atoms with E-state index in [0.717, 1.165) is 36.6 Å². The van der Waals surface area contributed by atoms with Crippen molar-refractivity contribution in [3.63, 3.8) is 0 Å². The lowest BCUT2D eigenvalue weighted by atomic mass is 10.3. The van der Waals surface area contributed by atoms with Gasteiger partial charge in [0, 0.05) is 39.1 Å². The van der Waals surface area contributed by atoms with Crippen LogP contribution in [0.1, 0.15) is 23.5 Å². The molecule has 0 saturated heterocycles. The van der Waals surface area contributed by atoms with Gasteiger partial charge >= 0.3 is 6.03 Å². The summed E-state index contributed by atoms with van der Waals surface area (Å²) < 4.78 is 3.59. The number of hydrogen-bond acceptors (Lipinski definition) is 4. The summed E-state index contributed by atoms with van der Waals surface area (Å²) in [6.45, 7) is 4.48. The van der Waals surface area contributed by atoms with Crippen LogP contribution in [0, 0.1) is 6.92 Å². The van der Waals surface area contributed by atoms with Gasteiger partial charge in [-0.3, -0.25) is 14.2 Å². The summed E-state index contributed by atoms with van der Waals surface area (Å²) in [4.78, 5) is 27.7. The first-order valence-electron chi connectivity index (χ1n) is 8.71. The number of aromatic nitrogens is 4. The molecule has 9 heteroatoms. The van der Waals surface area contributed by atoms with E-state index in [9.17, 15) is 9.59 Å². The number of urea groups is 1. The molecule has 0 unspecified atom stereocenters. The number of fused-ring (bicyclic) bond motifs is 1. The number of nitrogens with one attached hydrogen (secondary N) is 1. The minimum absolute atomic E-state index is 0.00379. The highest BCUT2D eigenvalue weighted by Crippen LogP contribution is 2.15. The van der Waals surface area contributed by atoms with Crippen LogP contribution in [0.5, 0.6) is 0 Å². The van der Waals surface area contributed by atoms with Crippen LogP contribution in [0.25, 0.3) is 0 Å². The molecule has 1 aliphatic rings. The molecule has 0 aromatic carbocycles. The Hall–Kier alpha value is -2.84. The van der Waals surface area contributed by atoms with E-state index in [1.807, 2.05) is 28.6 Å². The Bertz CT molecular complexity index is 793. The zero-order chi connectivity index (χ0) is 18.7. The van der Waals surface area contributed by atoms with Crippen LogP contribution < -0.4 is 5.32 Å². The molecule has 3 heterocycles. The van der Waals surface area contributed by atoms with E-state index in [1.165, 1.54) is 0 Å². The van der Waals surface area contributed by atoms with Gasteiger partial charge in [0.2, 0.25) is 5.91 Å². The van der Waals surface area contributed by atoms with Crippen molar-refractivity contribution in [1.29, 1.82) is 0 Å². The first-order valence-corrected chi connectivity index (χ1v) is 8.71. The molecule has 2 aromatic heterocycles. The third-order valence-electron chi connectivity index (χ3n) is 4.41. The maximum absolute atomic E-state index is 12.2. The SMILES string of the molecule is Cc1ccnn1CC(=O)NCc1cc2n(n1)CCCN(C(=O)N(C)C)C2. The van der Waals surface area contributed by atoms with Crippen molar-refractivity contribution in [2.45, 2.75) is 39.5 Å². The molecule has 2 aromatic rings. The van der Waals surface area contributed by atoms with Crippen LogP contribution in [0.15, 0.2) is 18.3 Å². The molecule has 0 bridgehead atoms. The molecular formula is C17H25N7O2. The number of nitrogens with zero attached hydrogens (tertiary/aromatic N) is 6. The highest BCUT2D eigenvalue weighted by Gasteiger charge is 2.21. The summed E-state index contributed by atoms with van der Waals surface area (Å²) in [5.74, 6) is -0.107. The minimum Gasteiger partial charge on any atom is -0.349 e. The standard InChI is InChI=1S/C17H25N7O2/c1-13-5-6-19-24(13)12-16(25)18-10-14-9-15-11-22(17(26)21(2)3)7-4-8-23(15)20-14/h5-6,9H,4,7-8,10-12H2,1-3H3,(H,18,25). The lowest BCUT2D eigenvalue weighted by Gasteiger charge is -2.23. The molecular weight excluding hydrogens is 334 g/mol. The summed E-state index contributed by atoms with van der Waals surface area (Å²) in [6.07, 6.45) is 2.54. The lowest BCUT2D eigenvalue weighted by Crippen LogP contribution is -2.38. The Morgan fingerprint density at radius 1 is 1.31 bits per heavy atom. The van der Waals surface area contributed by atoms with Crippen molar-refractivity contribution in [2.24, 2.45) is 0 Å². The zero-order valence-corrected chi connectivity index (χ0v) is 15.5. The van der Waals surface area contributed by atoms with Crippen molar-refractivity contribution in [1.82, 2.24) is 34.7 Å². The van der Waals surface area contributed by atoms with E-state index in [0.29, 0.717) is 13.1 Å².